The van der Waals surface area contributed by atoms with E-state index in [1.54, 1.807) is 18.6 Å². The van der Waals surface area contributed by atoms with Gasteiger partial charge in [-0.15, -0.1) is 0 Å². The van der Waals surface area contributed by atoms with Crippen LogP contribution < -0.4 is 0 Å². The van der Waals surface area contributed by atoms with E-state index in [0.717, 1.165) is 30.4 Å². The van der Waals surface area contributed by atoms with E-state index >= 15 is 0 Å². The molecule has 25 heavy (non-hydrogen) atoms. The van der Waals surface area contributed by atoms with Crippen molar-refractivity contribution in [2.75, 3.05) is 13.1 Å². The number of likely N-dealkylation sites (tertiary alicyclic amines) is 1. The van der Waals surface area contributed by atoms with Crippen molar-refractivity contribution in [3.8, 4) is 0 Å². The number of fused-ring (bicyclic) bond motifs is 1. The average molecular weight is 338 g/mol. The van der Waals surface area contributed by atoms with Crippen LogP contribution in [0.15, 0.2) is 37.2 Å². The zero-order valence-electron chi connectivity index (χ0n) is 14.5. The minimum absolute atomic E-state index is 0.0384. The molecular formula is C18H22N6O. The molecule has 1 aliphatic heterocycles. The van der Waals surface area contributed by atoms with Gasteiger partial charge in [0.1, 0.15) is 0 Å². The molecule has 7 heteroatoms. The molecule has 0 bridgehead atoms. The second-order valence-corrected chi connectivity index (χ2v) is 6.88. The lowest BCUT2D eigenvalue weighted by atomic mass is 10.0. The van der Waals surface area contributed by atoms with E-state index in [4.69, 9.17) is 0 Å². The van der Waals surface area contributed by atoms with Crippen LogP contribution in [0.2, 0.25) is 0 Å². The van der Waals surface area contributed by atoms with E-state index in [2.05, 4.69) is 33.5 Å². The number of nitrogens with zero attached hydrogens (tertiary/aromatic N) is 6. The third-order valence-electron chi connectivity index (χ3n) is 4.80. The highest BCUT2D eigenvalue weighted by Crippen LogP contribution is 2.23. The number of carbonyl (C=O) groups is 1. The Kier molecular flexibility index (Phi) is 3.99. The smallest absolute Gasteiger partial charge is 0.255 e. The SMILES string of the molecule is CC(C)n1ncc2cc(C(=O)N3CCC[C@@H](n4ccnc4)C3)cnc21. The number of piperidine rings is 1. The fourth-order valence-corrected chi connectivity index (χ4v) is 3.49. The molecule has 1 saturated heterocycles. The molecular weight excluding hydrogens is 316 g/mol. The molecule has 0 radical (unpaired) electrons. The number of hydrogen-bond donors (Lipinski definition) is 0. The maximum absolute atomic E-state index is 12.9. The molecule has 0 spiro atoms. The second kappa shape index (κ2) is 6.31. The zero-order valence-corrected chi connectivity index (χ0v) is 14.5. The quantitative estimate of drug-likeness (QED) is 0.736. The first-order valence-electron chi connectivity index (χ1n) is 8.73. The minimum Gasteiger partial charge on any atom is -0.337 e. The molecule has 130 valence electrons. The maximum atomic E-state index is 12.9. The van der Waals surface area contributed by atoms with Crippen molar-refractivity contribution in [2.45, 2.75) is 38.8 Å². The highest BCUT2D eigenvalue weighted by molar-refractivity contribution is 5.96. The van der Waals surface area contributed by atoms with Crippen LogP contribution in [-0.4, -0.2) is 48.2 Å². The topological polar surface area (TPSA) is 68.8 Å². The van der Waals surface area contributed by atoms with Crippen LogP contribution in [0.4, 0.5) is 0 Å². The summed E-state index contributed by atoms with van der Waals surface area (Å²) in [6.07, 6.45) is 11.1. The van der Waals surface area contributed by atoms with Crippen molar-refractivity contribution in [3.63, 3.8) is 0 Å². The van der Waals surface area contributed by atoms with Crippen LogP contribution in [0.3, 0.4) is 0 Å². The van der Waals surface area contributed by atoms with Crippen molar-refractivity contribution in [3.05, 3.63) is 42.7 Å². The standard InChI is InChI=1S/C18H22N6O/c1-13(2)24-17-14(10-21-24)8-15(9-20-17)18(25)22-6-3-4-16(11-22)23-7-5-19-12-23/h5,7-10,12-13,16H,3-4,6,11H2,1-2H3/t16-/m1/s1. The van der Waals surface area contributed by atoms with Crippen molar-refractivity contribution >= 4 is 16.9 Å². The van der Waals surface area contributed by atoms with Gasteiger partial charge < -0.3 is 9.47 Å². The Morgan fingerprint density at radius 2 is 2.20 bits per heavy atom. The number of amides is 1. The number of rotatable bonds is 3. The third-order valence-corrected chi connectivity index (χ3v) is 4.80. The molecule has 3 aromatic heterocycles. The van der Waals surface area contributed by atoms with Crippen LogP contribution >= 0.6 is 0 Å². The molecule has 1 aliphatic rings. The molecule has 3 aromatic rings. The van der Waals surface area contributed by atoms with Gasteiger partial charge in [0.05, 0.1) is 24.1 Å². The first kappa shape index (κ1) is 15.8. The molecule has 0 N–H and O–H groups in total. The third kappa shape index (κ3) is 2.90. The van der Waals surface area contributed by atoms with Crippen LogP contribution in [0.5, 0.6) is 0 Å². The highest BCUT2D eigenvalue weighted by atomic mass is 16.2. The number of imidazole rings is 1. The van der Waals surface area contributed by atoms with E-state index < -0.39 is 0 Å². The molecule has 7 nitrogen and oxygen atoms in total. The Bertz CT molecular complexity index is 882. The Balaban J connectivity index is 1.57. The van der Waals surface area contributed by atoms with Crippen molar-refractivity contribution in [1.29, 1.82) is 0 Å². The van der Waals surface area contributed by atoms with E-state index in [1.807, 2.05) is 28.2 Å². The summed E-state index contributed by atoms with van der Waals surface area (Å²) in [5, 5.41) is 5.28. The molecule has 0 aromatic carbocycles. The predicted octanol–water partition coefficient (Wildman–Crippen LogP) is 2.69. The average Bonchev–Trinajstić information content (AvgIpc) is 3.30. The summed E-state index contributed by atoms with van der Waals surface area (Å²) >= 11 is 0. The summed E-state index contributed by atoms with van der Waals surface area (Å²) in [6.45, 7) is 5.63. The molecule has 4 rings (SSSR count). The number of hydrogen-bond acceptors (Lipinski definition) is 4. The zero-order chi connectivity index (χ0) is 17.4. The summed E-state index contributed by atoms with van der Waals surface area (Å²) in [6, 6.07) is 2.43. The summed E-state index contributed by atoms with van der Waals surface area (Å²) in [5.74, 6) is 0.0384. The molecule has 1 fully saturated rings. The molecule has 0 saturated carbocycles. The van der Waals surface area contributed by atoms with Gasteiger partial charge in [-0.05, 0) is 32.8 Å². The van der Waals surface area contributed by atoms with E-state index in [9.17, 15) is 4.79 Å². The van der Waals surface area contributed by atoms with Gasteiger partial charge in [0, 0.05) is 43.1 Å². The van der Waals surface area contributed by atoms with Gasteiger partial charge >= 0.3 is 0 Å². The fraction of sp³-hybridized carbons (Fsp3) is 0.444. The molecule has 0 aliphatic carbocycles. The lowest BCUT2D eigenvalue weighted by Gasteiger charge is -2.33. The van der Waals surface area contributed by atoms with Crippen LogP contribution in [0, 0.1) is 0 Å². The Labute approximate surface area is 146 Å². The minimum atomic E-state index is 0.0384. The van der Waals surface area contributed by atoms with Crippen LogP contribution in [0.25, 0.3) is 11.0 Å². The highest BCUT2D eigenvalue weighted by Gasteiger charge is 2.25. The summed E-state index contributed by atoms with van der Waals surface area (Å²) in [4.78, 5) is 23.5. The summed E-state index contributed by atoms with van der Waals surface area (Å²) in [7, 11) is 0. The number of pyridine rings is 1. The van der Waals surface area contributed by atoms with Crippen molar-refractivity contribution in [1.82, 2.24) is 29.2 Å². The van der Waals surface area contributed by atoms with Gasteiger partial charge in [-0.25, -0.2) is 14.6 Å². The van der Waals surface area contributed by atoms with Crippen molar-refractivity contribution in [2.24, 2.45) is 0 Å². The maximum Gasteiger partial charge on any atom is 0.255 e. The normalized spacial score (nSPS) is 18.2. The molecule has 1 atom stereocenters. The van der Waals surface area contributed by atoms with Gasteiger partial charge in [0.25, 0.3) is 5.91 Å². The molecule has 0 unspecified atom stereocenters. The Hall–Kier alpha value is -2.70. The Morgan fingerprint density at radius 3 is 2.96 bits per heavy atom. The molecule has 4 heterocycles. The van der Waals surface area contributed by atoms with Gasteiger partial charge in [0.2, 0.25) is 0 Å². The summed E-state index contributed by atoms with van der Waals surface area (Å²) in [5.41, 5.74) is 1.45. The second-order valence-electron chi connectivity index (χ2n) is 6.88. The first-order valence-corrected chi connectivity index (χ1v) is 8.73. The number of aromatic nitrogens is 5. The van der Waals surface area contributed by atoms with E-state index in [-0.39, 0.29) is 11.9 Å². The van der Waals surface area contributed by atoms with Gasteiger partial charge in [-0.3, -0.25) is 4.79 Å². The van der Waals surface area contributed by atoms with E-state index in [1.165, 1.54) is 0 Å². The fourth-order valence-electron chi connectivity index (χ4n) is 3.49. The largest absolute Gasteiger partial charge is 0.337 e. The lowest BCUT2D eigenvalue weighted by Crippen LogP contribution is -2.40. The predicted molar refractivity (Wildman–Crippen MR) is 94.3 cm³/mol. The van der Waals surface area contributed by atoms with Gasteiger partial charge in [-0.2, -0.15) is 5.10 Å². The lowest BCUT2D eigenvalue weighted by molar-refractivity contribution is 0.0679. The van der Waals surface area contributed by atoms with Crippen molar-refractivity contribution < 1.29 is 4.79 Å². The summed E-state index contributed by atoms with van der Waals surface area (Å²) < 4.78 is 3.97. The van der Waals surface area contributed by atoms with Gasteiger partial charge in [-0.1, -0.05) is 0 Å². The Morgan fingerprint density at radius 1 is 1.32 bits per heavy atom. The first-order chi connectivity index (χ1) is 12.1. The number of carbonyl (C=O) groups excluding carboxylic acids is 1. The molecule has 1 amide bonds. The van der Waals surface area contributed by atoms with Gasteiger partial charge in [0.15, 0.2) is 5.65 Å². The van der Waals surface area contributed by atoms with Crippen LogP contribution in [0.1, 0.15) is 49.1 Å². The van der Waals surface area contributed by atoms with E-state index in [0.29, 0.717) is 18.2 Å². The monoisotopic (exact) mass is 338 g/mol. The van der Waals surface area contributed by atoms with Crippen LogP contribution in [-0.2, 0) is 0 Å².